The van der Waals surface area contributed by atoms with Crippen LogP contribution in [0.3, 0.4) is 0 Å². The summed E-state index contributed by atoms with van der Waals surface area (Å²) in [6, 6.07) is 10.3. The van der Waals surface area contributed by atoms with Crippen molar-refractivity contribution in [2.45, 2.75) is 57.1 Å². The molecule has 150 valence electrons. The molecule has 1 aliphatic heterocycles. The van der Waals surface area contributed by atoms with E-state index in [-0.39, 0.29) is 0 Å². The van der Waals surface area contributed by atoms with E-state index in [1.807, 2.05) is 12.3 Å². The summed E-state index contributed by atoms with van der Waals surface area (Å²) < 4.78 is 8.15. The number of aromatic carboxylic acids is 1. The van der Waals surface area contributed by atoms with Crippen molar-refractivity contribution in [2.24, 2.45) is 0 Å². The van der Waals surface area contributed by atoms with Crippen LogP contribution < -0.4 is 0 Å². The van der Waals surface area contributed by atoms with Crippen molar-refractivity contribution in [2.75, 3.05) is 6.61 Å². The quantitative estimate of drug-likeness (QED) is 0.658. The van der Waals surface area contributed by atoms with Gasteiger partial charge >= 0.3 is 5.97 Å². The summed E-state index contributed by atoms with van der Waals surface area (Å²) in [7, 11) is 0. The third-order valence-corrected chi connectivity index (χ3v) is 6.15. The van der Waals surface area contributed by atoms with Crippen molar-refractivity contribution in [3.05, 3.63) is 65.1 Å². The van der Waals surface area contributed by atoms with Crippen LogP contribution >= 0.6 is 0 Å². The monoisotopic (exact) mass is 390 g/mol. The van der Waals surface area contributed by atoms with Crippen LogP contribution in [0.1, 0.15) is 65.2 Å². The molecule has 1 N–H and O–H groups in total. The summed E-state index contributed by atoms with van der Waals surface area (Å²) in [5.41, 5.74) is 4.30. The fourth-order valence-electron chi connectivity index (χ4n) is 4.36. The molecule has 1 aromatic carbocycles. The zero-order chi connectivity index (χ0) is 19.8. The first-order chi connectivity index (χ1) is 14.2. The first-order valence-corrected chi connectivity index (χ1v) is 10.6. The summed E-state index contributed by atoms with van der Waals surface area (Å²) in [5, 5.41) is 10.8. The number of hydrogen-bond donors (Lipinski definition) is 1. The van der Waals surface area contributed by atoms with E-state index in [1.165, 1.54) is 23.7 Å². The average molecular weight is 390 g/mol. The maximum absolute atomic E-state index is 11.8. The van der Waals surface area contributed by atoms with Gasteiger partial charge in [0.25, 0.3) is 0 Å². The van der Waals surface area contributed by atoms with E-state index in [0.717, 1.165) is 43.5 Å². The van der Waals surface area contributed by atoms with Gasteiger partial charge < -0.3 is 14.4 Å². The number of ether oxygens (including phenoxy) is 1. The number of benzene rings is 1. The topological polar surface area (TPSA) is 64.3 Å². The van der Waals surface area contributed by atoms with Gasteiger partial charge in [-0.2, -0.15) is 0 Å². The molecule has 3 heterocycles. The zero-order valence-corrected chi connectivity index (χ0v) is 16.5. The van der Waals surface area contributed by atoms with Gasteiger partial charge in [-0.25, -0.2) is 4.79 Å². The third-order valence-electron chi connectivity index (χ3n) is 6.15. The summed E-state index contributed by atoms with van der Waals surface area (Å²) in [5.74, 6) is -0.395. The highest BCUT2D eigenvalue weighted by atomic mass is 16.5. The molecule has 1 saturated carbocycles. The first kappa shape index (κ1) is 18.4. The van der Waals surface area contributed by atoms with Crippen molar-refractivity contribution < 1.29 is 14.6 Å². The molecular weight excluding hydrogens is 364 g/mol. The number of aromatic nitrogens is 2. The Hall–Kier alpha value is -2.66. The Kier molecular flexibility index (Phi) is 4.84. The number of nitrogens with zero attached hydrogens (tertiary/aromatic N) is 2. The number of rotatable bonds is 6. The van der Waals surface area contributed by atoms with Crippen LogP contribution in [-0.2, 0) is 17.7 Å². The maximum Gasteiger partial charge on any atom is 0.337 e. The van der Waals surface area contributed by atoms with E-state index in [2.05, 4.69) is 40.0 Å². The van der Waals surface area contributed by atoms with Crippen LogP contribution in [0.15, 0.2) is 42.7 Å². The van der Waals surface area contributed by atoms with Gasteiger partial charge in [0.2, 0.25) is 0 Å². The minimum atomic E-state index is -0.894. The van der Waals surface area contributed by atoms with Gasteiger partial charge in [0, 0.05) is 37.5 Å². The second-order valence-electron chi connectivity index (χ2n) is 8.37. The first-order valence-electron chi connectivity index (χ1n) is 10.6. The van der Waals surface area contributed by atoms with Gasteiger partial charge in [-0.3, -0.25) is 4.98 Å². The SMILES string of the molecule is O=C(O)c1cc(C2CC2)cnc1Cc1ccc2c(ccn2CC2CCCCO2)c1. The number of carboxylic acid groups (broad SMARTS) is 1. The molecule has 1 aliphatic carbocycles. The van der Waals surface area contributed by atoms with E-state index >= 15 is 0 Å². The fourth-order valence-corrected chi connectivity index (χ4v) is 4.36. The Balaban J connectivity index is 1.38. The number of carboxylic acids is 1. The van der Waals surface area contributed by atoms with Crippen molar-refractivity contribution in [1.82, 2.24) is 9.55 Å². The molecule has 2 aromatic heterocycles. The molecule has 29 heavy (non-hydrogen) atoms. The summed E-state index contributed by atoms with van der Waals surface area (Å²) in [6.45, 7) is 1.75. The minimum Gasteiger partial charge on any atom is -0.478 e. The van der Waals surface area contributed by atoms with Crippen LogP contribution in [0.4, 0.5) is 0 Å². The third kappa shape index (κ3) is 3.92. The Morgan fingerprint density at radius 1 is 1.17 bits per heavy atom. The van der Waals surface area contributed by atoms with Crippen LogP contribution in [0, 0.1) is 0 Å². The molecule has 0 amide bonds. The molecule has 5 rings (SSSR count). The Morgan fingerprint density at radius 3 is 2.83 bits per heavy atom. The van der Waals surface area contributed by atoms with Gasteiger partial charge in [-0.05, 0) is 78.8 Å². The van der Waals surface area contributed by atoms with E-state index in [1.54, 1.807) is 0 Å². The largest absolute Gasteiger partial charge is 0.478 e. The van der Waals surface area contributed by atoms with Crippen molar-refractivity contribution in [3.8, 4) is 0 Å². The zero-order valence-electron chi connectivity index (χ0n) is 16.5. The number of pyridine rings is 1. The van der Waals surface area contributed by atoms with Crippen LogP contribution in [0.2, 0.25) is 0 Å². The average Bonchev–Trinajstić information content (AvgIpc) is 3.51. The molecular formula is C24H26N2O3. The van der Waals surface area contributed by atoms with E-state index in [9.17, 15) is 9.90 Å². The van der Waals surface area contributed by atoms with Crippen LogP contribution in [-0.4, -0.2) is 33.3 Å². The predicted octanol–water partition coefficient (Wildman–Crippen LogP) is 4.77. The minimum absolute atomic E-state index is 0.298. The smallest absolute Gasteiger partial charge is 0.337 e. The molecule has 5 heteroatoms. The van der Waals surface area contributed by atoms with Crippen LogP contribution in [0.5, 0.6) is 0 Å². The van der Waals surface area contributed by atoms with Crippen molar-refractivity contribution >= 4 is 16.9 Å². The maximum atomic E-state index is 11.8. The standard InChI is InChI=1S/C24H26N2O3/c27-24(28)21-13-19(17-5-6-17)14-25-22(21)12-16-4-7-23-18(11-16)8-9-26(23)15-20-3-1-2-10-29-20/h4,7-9,11,13-14,17,20H,1-3,5-6,10,12,15H2,(H,27,28). The molecule has 2 fully saturated rings. The number of fused-ring (bicyclic) bond motifs is 1. The van der Waals surface area contributed by atoms with Gasteiger partial charge in [0.1, 0.15) is 0 Å². The van der Waals surface area contributed by atoms with E-state index in [4.69, 9.17) is 4.74 Å². The van der Waals surface area contributed by atoms with Gasteiger partial charge in [0.15, 0.2) is 0 Å². The molecule has 1 unspecified atom stereocenters. The molecule has 3 aromatic rings. The lowest BCUT2D eigenvalue weighted by Crippen LogP contribution is -2.24. The molecule has 2 aliphatic rings. The summed E-state index contributed by atoms with van der Waals surface area (Å²) in [6.07, 6.45) is 10.6. The fraction of sp³-hybridized carbons (Fsp3) is 0.417. The Morgan fingerprint density at radius 2 is 2.07 bits per heavy atom. The lowest BCUT2D eigenvalue weighted by molar-refractivity contribution is 0.00670. The Bertz CT molecular complexity index is 1050. The van der Waals surface area contributed by atoms with Gasteiger partial charge in [-0.1, -0.05) is 6.07 Å². The number of carbonyl (C=O) groups is 1. The molecule has 1 saturated heterocycles. The molecule has 1 atom stereocenters. The lowest BCUT2D eigenvalue weighted by atomic mass is 10.0. The molecule has 0 spiro atoms. The highest BCUT2D eigenvalue weighted by Crippen LogP contribution is 2.40. The van der Waals surface area contributed by atoms with Crippen molar-refractivity contribution in [3.63, 3.8) is 0 Å². The predicted molar refractivity (Wildman–Crippen MR) is 112 cm³/mol. The van der Waals surface area contributed by atoms with E-state index < -0.39 is 5.97 Å². The second kappa shape index (κ2) is 7.64. The second-order valence-corrected chi connectivity index (χ2v) is 8.37. The summed E-state index contributed by atoms with van der Waals surface area (Å²) in [4.78, 5) is 16.3. The lowest BCUT2D eigenvalue weighted by Gasteiger charge is -2.23. The summed E-state index contributed by atoms with van der Waals surface area (Å²) >= 11 is 0. The highest BCUT2D eigenvalue weighted by molar-refractivity contribution is 5.89. The van der Waals surface area contributed by atoms with Crippen molar-refractivity contribution in [1.29, 1.82) is 0 Å². The van der Waals surface area contributed by atoms with Gasteiger partial charge in [-0.15, -0.1) is 0 Å². The van der Waals surface area contributed by atoms with Gasteiger partial charge in [0.05, 0.1) is 17.4 Å². The molecule has 0 radical (unpaired) electrons. The normalized spacial score (nSPS) is 19.5. The molecule has 5 nitrogen and oxygen atoms in total. The van der Waals surface area contributed by atoms with Crippen LogP contribution in [0.25, 0.3) is 10.9 Å². The van der Waals surface area contributed by atoms with E-state index in [0.29, 0.717) is 29.7 Å². The number of hydrogen-bond acceptors (Lipinski definition) is 3. The Labute approximate surface area is 170 Å². The highest BCUT2D eigenvalue weighted by Gasteiger charge is 2.26. The molecule has 0 bridgehead atoms.